The number of nitrogens with zero attached hydrogens (tertiary/aromatic N) is 1. The van der Waals surface area contributed by atoms with E-state index in [9.17, 15) is 8.42 Å². The van der Waals surface area contributed by atoms with Gasteiger partial charge < -0.3 is 14.8 Å². The second kappa shape index (κ2) is 8.09. The van der Waals surface area contributed by atoms with Crippen LogP contribution in [0.25, 0.3) is 0 Å². The van der Waals surface area contributed by atoms with E-state index in [2.05, 4.69) is 10.0 Å². The van der Waals surface area contributed by atoms with E-state index in [1.54, 1.807) is 26.4 Å². The van der Waals surface area contributed by atoms with Gasteiger partial charge in [0.05, 0.1) is 14.2 Å². The summed E-state index contributed by atoms with van der Waals surface area (Å²) in [5, 5.41) is 3.28. The number of nitrogens with one attached hydrogen (secondary N) is 2. The van der Waals surface area contributed by atoms with Gasteiger partial charge in [-0.1, -0.05) is 6.07 Å². The number of rotatable bonds is 8. The van der Waals surface area contributed by atoms with Crippen molar-refractivity contribution in [2.75, 3.05) is 38.4 Å². The van der Waals surface area contributed by atoms with E-state index in [-0.39, 0.29) is 0 Å². The maximum Gasteiger partial charge on any atom is 0.301 e. The van der Waals surface area contributed by atoms with Crippen molar-refractivity contribution < 1.29 is 17.9 Å². The fourth-order valence-corrected chi connectivity index (χ4v) is 2.71. The fraction of sp³-hybridized carbons (Fsp3) is 0.294. The molecule has 0 fully saturated rings. The van der Waals surface area contributed by atoms with Crippen LogP contribution in [-0.4, -0.2) is 41.0 Å². The van der Waals surface area contributed by atoms with Gasteiger partial charge in [0, 0.05) is 32.0 Å². The summed E-state index contributed by atoms with van der Waals surface area (Å²) in [6.07, 6.45) is 0. The quantitative estimate of drug-likeness (QED) is 0.751. The molecule has 136 valence electrons. The molecule has 0 saturated carbocycles. The third-order valence-corrected chi connectivity index (χ3v) is 5.01. The molecular weight excluding hydrogens is 342 g/mol. The van der Waals surface area contributed by atoms with Gasteiger partial charge in [-0.05, 0) is 42.0 Å². The topological polar surface area (TPSA) is 79.9 Å². The first-order valence-corrected chi connectivity index (χ1v) is 9.05. The first kappa shape index (κ1) is 18.9. The molecule has 2 aromatic carbocycles. The Balaban J connectivity index is 2.00. The molecular formula is C17H23N3O4S. The van der Waals surface area contributed by atoms with Gasteiger partial charge in [-0.15, -0.1) is 0 Å². The Morgan fingerprint density at radius 1 is 0.920 bits per heavy atom. The molecule has 2 rings (SSSR count). The second-order valence-corrected chi connectivity index (χ2v) is 7.39. The summed E-state index contributed by atoms with van der Waals surface area (Å²) in [5.41, 5.74) is 2.42. The minimum atomic E-state index is -3.50. The van der Waals surface area contributed by atoms with Crippen LogP contribution < -0.4 is 19.5 Å². The Morgan fingerprint density at radius 2 is 1.52 bits per heavy atom. The molecule has 0 heterocycles. The van der Waals surface area contributed by atoms with Crippen LogP contribution in [0.2, 0.25) is 0 Å². The molecule has 25 heavy (non-hydrogen) atoms. The van der Waals surface area contributed by atoms with E-state index in [1.165, 1.54) is 14.1 Å². The van der Waals surface area contributed by atoms with E-state index in [1.807, 2.05) is 30.3 Å². The average Bonchev–Trinajstić information content (AvgIpc) is 2.60. The number of hydrogen-bond donors (Lipinski definition) is 2. The molecule has 0 radical (unpaired) electrons. The molecule has 0 bridgehead atoms. The molecule has 2 aromatic rings. The van der Waals surface area contributed by atoms with Crippen LogP contribution in [0, 0.1) is 0 Å². The normalized spacial score (nSPS) is 11.2. The van der Waals surface area contributed by atoms with E-state index < -0.39 is 10.2 Å². The van der Waals surface area contributed by atoms with Crippen molar-refractivity contribution in [2.24, 2.45) is 0 Å². The van der Waals surface area contributed by atoms with Crippen LogP contribution in [0.1, 0.15) is 5.56 Å². The molecule has 0 aliphatic carbocycles. The van der Waals surface area contributed by atoms with Crippen molar-refractivity contribution in [3.63, 3.8) is 0 Å². The second-order valence-electron chi connectivity index (χ2n) is 5.51. The van der Waals surface area contributed by atoms with E-state index in [4.69, 9.17) is 9.47 Å². The highest BCUT2D eigenvalue weighted by Crippen LogP contribution is 2.28. The Kier molecular flexibility index (Phi) is 6.11. The number of anilines is 2. The highest BCUT2D eigenvalue weighted by Gasteiger charge is 2.12. The monoisotopic (exact) mass is 365 g/mol. The first-order valence-electron chi connectivity index (χ1n) is 7.61. The third kappa shape index (κ3) is 5.01. The van der Waals surface area contributed by atoms with Gasteiger partial charge in [0.15, 0.2) is 11.5 Å². The van der Waals surface area contributed by atoms with Crippen LogP contribution in [0.5, 0.6) is 11.5 Å². The fourth-order valence-electron chi connectivity index (χ4n) is 2.09. The standard InChI is InChI=1S/C17H23N3O4S/c1-20(2)25(21,22)19-15-8-6-14(7-9-15)18-12-13-5-10-16(23-3)17(11-13)24-4/h5-11,18-19H,12H2,1-4H3. The zero-order valence-corrected chi connectivity index (χ0v) is 15.6. The molecule has 0 amide bonds. The van der Waals surface area contributed by atoms with E-state index in [0.717, 1.165) is 15.6 Å². The molecule has 0 spiro atoms. The highest BCUT2D eigenvalue weighted by atomic mass is 32.2. The smallest absolute Gasteiger partial charge is 0.301 e. The predicted molar refractivity (Wildman–Crippen MR) is 99.5 cm³/mol. The van der Waals surface area contributed by atoms with Gasteiger partial charge in [0.1, 0.15) is 0 Å². The van der Waals surface area contributed by atoms with Crippen molar-refractivity contribution in [3.8, 4) is 11.5 Å². The minimum Gasteiger partial charge on any atom is -0.493 e. The van der Waals surface area contributed by atoms with Crippen LogP contribution >= 0.6 is 0 Å². The molecule has 0 unspecified atom stereocenters. The molecule has 0 aliphatic heterocycles. The molecule has 0 aromatic heterocycles. The van der Waals surface area contributed by atoms with Crippen molar-refractivity contribution in [1.29, 1.82) is 0 Å². The molecule has 0 aliphatic rings. The largest absolute Gasteiger partial charge is 0.493 e. The van der Waals surface area contributed by atoms with Gasteiger partial charge in [-0.3, -0.25) is 4.72 Å². The molecule has 7 nitrogen and oxygen atoms in total. The maximum absolute atomic E-state index is 11.8. The summed E-state index contributed by atoms with van der Waals surface area (Å²) in [6, 6.07) is 12.8. The zero-order valence-electron chi connectivity index (χ0n) is 14.7. The lowest BCUT2D eigenvalue weighted by Crippen LogP contribution is -2.28. The van der Waals surface area contributed by atoms with Crippen molar-refractivity contribution in [2.45, 2.75) is 6.54 Å². The van der Waals surface area contributed by atoms with Crippen molar-refractivity contribution in [1.82, 2.24) is 4.31 Å². The molecule has 8 heteroatoms. The number of methoxy groups -OCH3 is 2. The maximum atomic E-state index is 11.8. The Labute approximate surface area is 148 Å². The summed E-state index contributed by atoms with van der Waals surface area (Å²) < 4.78 is 37.7. The number of ether oxygens (including phenoxy) is 2. The lowest BCUT2D eigenvalue weighted by atomic mass is 10.2. The van der Waals surface area contributed by atoms with Gasteiger partial charge in [-0.2, -0.15) is 12.7 Å². The van der Waals surface area contributed by atoms with Gasteiger partial charge >= 0.3 is 10.2 Å². The van der Waals surface area contributed by atoms with Gasteiger partial charge in [0.25, 0.3) is 0 Å². The van der Waals surface area contributed by atoms with Crippen molar-refractivity contribution in [3.05, 3.63) is 48.0 Å². The number of hydrogen-bond acceptors (Lipinski definition) is 5. The first-order chi connectivity index (χ1) is 11.9. The highest BCUT2D eigenvalue weighted by molar-refractivity contribution is 7.90. The van der Waals surface area contributed by atoms with E-state index >= 15 is 0 Å². The van der Waals surface area contributed by atoms with Crippen LogP contribution in [-0.2, 0) is 16.8 Å². The van der Waals surface area contributed by atoms with Gasteiger partial charge in [0.2, 0.25) is 0 Å². The molecule has 0 saturated heterocycles. The summed E-state index contributed by atoms with van der Waals surface area (Å²) in [7, 11) is 2.65. The van der Waals surface area contributed by atoms with Gasteiger partial charge in [-0.25, -0.2) is 0 Å². The summed E-state index contributed by atoms with van der Waals surface area (Å²) in [4.78, 5) is 0. The minimum absolute atomic E-state index is 0.505. The molecule has 0 atom stereocenters. The van der Waals surface area contributed by atoms with Crippen LogP contribution in [0.4, 0.5) is 11.4 Å². The Hall–Kier alpha value is -2.45. The van der Waals surface area contributed by atoms with Crippen LogP contribution in [0.15, 0.2) is 42.5 Å². The molecule has 2 N–H and O–H groups in total. The third-order valence-electron chi connectivity index (χ3n) is 3.56. The van der Waals surface area contributed by atoms with Crippen molar-refractivity contribution >= 4 is 21.6 Å². The summed E-state index contributed by atoms with van der Waals surface area (Å²) in [5.74, 6) is 1.36. The lowest BCUT2D eigenvalue weighted by Gasteiger charge is -2.14. The SMILES string of the molecule is COc1ccc(CNc2ccc(NS(=O)(=O)N(C)C)cc2)cc1OC. The number of benzene rings is 2. The summed E-state index contributed by atoms with van der Waals surface area (Å²) in [6.45, 7) is 0.600. The predicted octanol–water partition coefficient (Wildman–Crippen LogP) is 2.53. The zero-order chi connectivity index (χ0) is 18.4. The van der Waals surface area contributed by atoms with E-state index in [0.29, 0.717) is 23.7 Å². The lowest BCUT2D eigenvalue weighted by molar-refractivity contribution is 0.354. The van der Waals surface area contributed by atoms with Crippen LogP contribution in [0.3, 0.4) is 0 Å². The average molecular weight is 365 g/mol. The Morgan fingerprint density at radius 3 is 2.08 bits per heavy atom. The Bertz CT molecular complexity index is 805. The summed E-state index contributed by atoms with van der Waals surface area (Å²) >= 11 is 0.